The molecule has 152 valence electrons. The zero-order chi connectivity index (χ0) is 21.3. The maximum absolute atomic E-state index is 13.8. The van der Waals surface area contributed by atoms with Crippen molar-refractivity contribution in [3.05, 3.63) is 92.3 Å². The van der Waals surface area contributed by atoms with Gasteiger partial charge in [0.1, 0.15) is 17.0 Å². The van der Waals surface area contributed by atoms with Gasteiger partial charge in [0.15, 0.2) is 5.65 Å². The van der Waals surface area contributed by atoms with Gasteiger partial charge >= 0.3 is 5.69 Å². The fourth-order valence-corrected chi connectivity index (χ4v) is 3.04. The molecule has 7 nitrogen and oxygen atoms in total. The zero-order valence-electron chi connectivity index (χ0n) is 15.9. The molecular formula is C21H17F2N5O2. The van der Waals surface area contributed by atoms with E-state index in [2.05, 4.69) is 20.3 Å². The first kappa shape index (κ1) is 19.4. The summed E-state index contributed by atoms with van der Waals surface area (Å²) in [4.78, 5) is 36.1. The molecule has 0 aliphatic heterocycles. The van der Waals surface area contributed by atoms with Gasteiger partial charge in [0.25, 0.3) is 5.56 Å². The highest BCUT2D eigenvalue weighted by Crippen LogP contribution is 2.13. The van der Waals surface area contributed by atoms with Gasteiger partial charge in [-0.1, -0.05) is 25.1 Å². The van der Waals surface area contributed by atoms with Crippen LogP contribution in [0.5, 0.6) is 0 Å². The Morgan fingerprint density at radius 1 is 1.10 bits per heavy atom. The second-order valence-corrected chi connectivity index (χ2v) is 6.64. The number of hydrogen-bond donors (Lipinski definition) is 2. The lowest BCUT2D eigenvalue weighted by atomic mass is 10.1. The summed E-state index contributed by atoms with van der Waals surface area (Å²) in [5, 5.41) is 2.93. The van der Waals surface area contributed by atoms with Gasteiger partial charge in [0, 0.05) is 24.4 Å². The molecule has 2 aromatic carbocycles. The minimum Gasteiger partial charge on any atom is -0.350 e. The number of aryl methyl sites for hydroxylation is 1. The fourth-order valence-electron chi connectivity index (χ4n) is 3.04. The van der Waals surface area contributed by atoms with Crippen molar-refractivity contribution in [1.29, 1.82) is 0 Å². The normalized spacial score (nSPS) is 11.0. The molecule has 2 heterocycles. The van der Waals surface area contributed by atoms with Gasteiger partial charge in [0.2, 0.25) is 5.95 Å². The number of fused-ring (bicyclic) bond motifs is 1. The Hall–Kier alpha value is -3.88. The Morgan fingerprint density at radius 2 is 1.87 bits per heavy atom. The van der Waals surface area contributed by atoms with E-state index in [1.807, 2.05) is 19.1 Å². The molecule has 0 saturated heterocycles. The van der Waals surface area contributed by atoms with E-state index < -0.39 is 22.9 Å². The number of hydrogen-bond acceptors (Lipinski definition) is 5. The summed E-state index contributed by atoms with van der Waals surface area (Å²) in [6.07, 6.45) is 2.13. The molecule has 0 spiro atoms. The minimum atomic E-state index is -0.700. The Bertz CT molecular complexity index is 1350. The topological polar surface area (TPSA) is 92.7 Å². The standard InChI is InChI=1S/C21H17F2N5O2/c1-2-12-3-7-15(8-4-12)28-19(29)16-11-25-20(26-18(16)27-21(28)30)24-10-13-5-6-14(22)9-17(13)23/h3-9,11H,2,10H2,1H3,(H2,24,25,26,27,30). The SMILES string of the molecule is CCc1ccc(-n2c(=O)[nH]c3nc(NCc4ccc(F)cc4F)ncc3c2=O)cc1. The number of aromatic amines is 1. The van der Waals surface area contributed by atoms with E-state index in [4.69, 9.17) is 0 Å². The van der Waals surface area contributed by atoms with Crippen molar-refractivity contribution >= 4 is 17.0 Å². The van der Waals surface area contributed by atoms with Crippen LogP contribution in [-0.2, 0) is 13.0 Å². The lowest BCUT2D eigenvalue weighted by Gasteiger charge is -2.09. The Balaban J connectivity index is 1.67. The Labute approximate surface area is 169 Å². The van der Waals surface area contributed by atoms with Crippen molar-refractivity contribution < 1.29 is 8.78 Å². The molecule has 0 fully saturated rings. The molecule has 2 aromatic heterocycles. The monoisotopic (exact) mass is 409 g/mol. The number of halogens is 2. The summed E-state index contributed by atoms with van der Waals surface area (Å²) in [5.41, 5.74) is 0.623. The van der Waals surface area contributed by atoms with Crippen molar-refractivity contribution in [2.45, 2.75) is 19.9 Å². The second kappa shape index (κ2) is 7.86. The van der Waals surface area contributed by atoms with E-state index in [0.29, 0.717) is 5.69 Å². The van der Waals surface area contributed by atoms with Crippen molar-refractivity contribution in [3.8, 4) is 5.69 Å². The summed E-state index contributed by atoms with van der Waals surface area (Å²) in [5.74, 6) is -1.28. The van der Waals surface area contributed by atoms with Crippen molar-refractivity contribution in [1.82, 2.24) is 19.5 Å². The van der Waals surface area contributed by atoms with Crippen LogP contribution in [0.2, 0.25) is 0 Å². The Morgan fingerprint density at radius 3 is 2.57 bits per heavy atom. The summed E-state index contributed by atoms with van der Waals surface area (Å²) in [6.45, 7) is 2.01. The molecule has 30 heavy (non-hydrogen) atoms. The molecule has 0 bridgehead atoms. The lowest BCUT2D eigenvalue weighted by molar-refractivity contribution is 0.574. The van der Waals surface area contributed by atoms with Crippen LogP contribution in [-0.4, -0.2) is 19.5 Å². The molecular weight excluding hydrogens is 392 g/mol. The first-order chi connectivity index (χ1) is 14.5. The first-order valence-electron chi connectivity index (χ1n) is 9.25. The number of benzene rings is 2. The highest BCUT2D eigenvalue weighted by atomic mass is 19.1. The molecule has 0 aliphatic rings. The van der Waals surface area contributed by atoms with Gasteiger partial charge in [0.05, 0.1) is 5.69 Å². The fraction of sp³-hybridized carbons (Fsp3) is 0.143. The summed E-state index contributed by atoms with van der Waals surface area (Å²) < 4.78 is 27.8. The number of rotatable bonds is 5. The van der Waals surface area contributed by atoms with Gasteiger partial charge in [-0.3, -0.25) is 9.78 Å². The van der Waals surface area contributed by atoms with Crippen LogP contribution in [0.25, 0.3) is 16.7 Å². The van der Waals surface area contributed by atoms with Gasteiger partial charge in [-0.2, -0.15) is 4.98 Å². The molecule has 0 unspecified atom stereocenters. The summed E-state index contributed by atoms with van der Waals surface area (Å²) in [7, 11) is 0. The molecule has 4 aromatic rings. The van der Waals surface area contributed by atoms with Gasteiger partial charge in [-0.05, 0) is 30.2 Å². The van der Waals surface area contributed by atoms with Crippen LogP contribution in [0.1, 0.15) is 18.1 Å². The minimum absolute atomic E-state index is 0.00267. The van der Waals surface area contributed by atoms with Gasteiger partial charge in [-0.25, -0.2) is 23.1 Å². The Kier molecular flexibility index (Phi) is 5.09. The summed E-state index contributed by atoms with van der Waals surface area (Å²) in [6, 6.07) is 10.3. The largest absolute Gasteiger partial charge is 0.350 e. The third-order valence-electron chi connectivity index (χ3n) is 4.71. The number of nitrogens with one attached hydrogen (secondary N) is 2. The average Bonchev–Trinajstić information content (AvgIpc) is 2.73. The summed E-state index contributed by atoms with van der Waals surface area (Å²) >= 11 is 0. The van der Waals surface area contributed by atoms with Crippen molar-refractivity contribution in [3.63, 3.8) is 0 Å². The van der Waals surface area contributed by atoms with Crippen LogP contribution < -0.4 is 16.6 Å². The number of anilines is 1. The second-order valence-electron chi connectivity index (χ2n) is 6.64. The lowest BCUT2D eigenvalue weighted by Crippen LogP contribution is -2.34. The third-order valence-corrected chi connectivity index (χ3v) is 4.71. The zero-order valence-corrected chi connectivity index (χ0v) is 15.9. The quantitative estimate of drug-likeness (QED) is 0.529. The predicted octanol–water partition coefficient (Wildman–Crippen LogP) is 2.92. The van der Waals surface area contributed by atoms with E-state index in [1.54, 1.807) is 12.1 Å². The maximum atomic E-state index is 13.8. The molecule has 0 amide bonds. The van der Waals surface area contributed by atoms with Crippen LogP contribution in [0.3, 0.4) is 0 Å². The van der Waals surface area contributed by atoms with E-state index in [9.17, 15) is 18.4 Å². The first-order valence-corrected chi connectivity index (χ1v) is 9.25. The smallest absolute Gasteiger partial charge is 0.334 e. The third kappa shape index (κ3) is 3.69. The van der Waals surface area contributed by atoms with Crippen LogP contribution in [0.4, 0.5) is 14.7 Å². The molecule has 0 aliphatic carbocycles. The van der Waals surface area contributed by atoms with E-state index in [0.717, 1.165) is 28.7 Å². The van der Waals surface area contributed by atoms with E-state index >= 15 is 0 Å². The number of aromatic nitrogens is 4. The van der Waals surface area contributed by atoms with Gasteiger partial charge in [-0.15, -0.1) is 0 Å². The predicted molar refractivity (Wildman–Crippen MR) is 109 cm³/mol. The number of H-pyrrole nitrogens is 1. The van der Waals surface area contributed by atoms with Crippen molar-refractivity contribution in [2.75, 3.05) is 5.32 Å². The molecule has 2 N–H and O–H groups in total. The number of nitrogens with zero attached hydrogens (tertiary/aromatic N) is 3. The highest BCUT2D eigenvalue weighted by molar-refractivity contribution is 5.73. The molecule has 0 radical (unpaired) electrons. The molecule has 0 saturated carbocycles. The van der Waals surface area contributed by atoms with Crippen LogP contribution in [0.15, 0.2) is 58.3 Å². The van der Waals surface area contributed by atoms with Crippen molar-refractivity contribution in [2.24, 2.45) is 0 Å². The van der Waals surface area contributed by atoms with E-state index in [1.165, 1.54) is 12.3 Å². The van der Waals surface area contributed by atoms with E-state index in [-0.39, 0.29) is 29.1 Å². The van der Waals surface area contributed by atoms with Crippen LogP contribution in [0, 0.1) is 11.6 Å². The molecule has 4 rings (SSSR count). The maximum Gasteiger partial charge on any atom is 0.334 e. The average molecular weight is 409 g/mol. The van der Waals surface area contributed by atoms with Gasteiger partial charge < -0.3 is 5.32 Å². The molecule has 0 atom stereocenters. The molecule has 9 heteroatoms. The highest BCUT2D eigenvalue weighted by Gasteiger charge is 2.12. The van der Waals surface area contributed by atoms with Crippen LogP contribution >= 0.6 is 0 Å².